The zero-order valence-corrected chi connectivity index (χ0v) is 12.8. The minimum absolute atomic E-state index is 0.732. The number of oxazole rings is 1. The number of nitrogens with one attached hydrogen (secondary N) is 1. The smallest absolute Gasteiger partial charge is 0.236 e. The largest absolute Gasteiger partial charge is 0.444 e. The van der Waals surface area contributed by atoms with E-state index in [4.69, 9.17) is 4.42 Å². The molecule has 0 spiro atoms. The van der Waals surface area contributed by atoms with Gasteiger partial charge in [-0.1, -0.05) is 6.07 Å². The molecule has 1 N–H and O–H groups in total. The molecule has 2 saturated heterocycles. The molecule has 6 heteroatoms. The number of rotatable bonds is 4. The van der Waals surface area contributed by atoms with E-state index in [-0.39, 0.29) is 0 Å². The Kier molecular flexibility index (Phi) is 3.77. The van der Waals surface area contributed by atoms with E-state index in [1.165, 1.54) is 13.1 Å². The highest BCUT2D eigenvalue weighted by atomic mass is 32.1. The van der Waals surface area contributed by atoms with Gasteiger partial charge >= 0.3 is 0 Å². The fourth-order valence-corrected chi connectivity index (χ4v) is 3.73. The molecule has 2 aliphatic rings. The zero-order valence-electron chi connectivity index (χ0n) is 12.0. The van der Waals surface area contributed by atoms with Gasteiger partial charge in [0.1, 0.15) is 6.26 Å². The zero-order chi connectivity index (χ0) is 14.1. The van der Waals surface area contributed by atoms with Crippen LogP contribution in [0.25, 0.3) is 10.8 Å². The first-order chi connectivity index (χ1) is 10.4. The number of piperazine rings is 1. The van der Waals surface area contributed by atoms with Crippen molar-refractivity contribution in [1.82, 2.24) is 20.1 Å². The summed E-state index contributed by atoms with van der Waals surface area (Å²) >= 11 is 1.66. The highest BCUT2D eigenvalue weighted by molar-refractivity contribution is 7.13. The summed E-state index contributed by atoms with van der Waals surface area (Å²) in [7, 11) is 0. The summed E-state index contributed by atoms with van der Waals surface area (Å²) < 4.78 is 5.58. The number of hydrogen-bond donors (Lipinski definition) is 1. The molecule has 0 aliphatic carbocycles. The highest BCUT2D eigenvalue weighted by Gasteiger charge is 2.32. The Labute approximate surface area is 128 Å². The monoisotopic (exact) mass is 304 g/mol. The molecule has 0 unspecified atom stereocenters. The average Bonchev–Trinajstić information content (AvgIpc) is 3.14. The van der Waals surface area contributed by atoms with Crippen LogP contribution in [-0.4, -0.2) is 60.1 Å². The fraction of sp³-hybridized carbons (Fsp3) is 0.533. The molecule has 0 aromatic carbocycles. The van der Waals surface area contributed by atoms with E-state index < -0.39 is 0 Å². The quantitative estimate of drug-likeness (QED) is 0.927. The van der Waals surface area contributed by atoms with Crippen molar-refractivity contribution in [2.45, 2.75) is 12.6 Å². The maximum absolute atomic E-state index is 5.58. The van der Waals surface area contributed by atoms with Crippen LogP contribution >= 0.6 is 11.3 Å². The Hall–Kier alpha value is -1.21. The molecular formula is C15H20N4OS. The number of aromatic nitrogens is 1. The van der Waals surface area contributed by atoms with Crippen molar-refractivity contribution >= 4 is 11.3 Å². The lowest BCUT2D eigenvalue weighted by atomic mass is 10.1. The molecule has 0 saturated carbocycles. The second-order valence-corrected chi connectivity index (χ2v) is 6.70. The molecule has 0 atom stereocenters. The standard InChI is InChI=1S/C15H20N4OS/c1-2-14(21-7-1)15-17-12(11-20-15)8-18-9-13(10-18)19-5-3-16-4-6-19/h1-2,7,11,13,16H,3-6,8-10H2. The fourth-order valence-electron chi connectivity index (χ4n) is 3.07. The number of nitrogens with zero attached hydrogens (tertiary/aromatic N) is 3. The summed E-state index contributed by atoms with van der Waals surface area (Å²) in [6.07, 6.45) is 1.80. The van der Waals surface area contributed by atoms with Gasteiger partial charge in [0.15, 0.2) is 0 Å². The van der Waals surface area contributed by atoms with Gasteiger partial charge in [-0.2, -0.15) is 0 Å². The third-order valence-corrected chi connectivity index (χ3v) is 5.13. The molecule has 2 aromatic heterocycles. The second-order valence-electron chi connectivity index (χ2n) is 5.76. The number of hydrogen-bond acceptors (Lipinski definition) is 6. The van der Waals surface area contributed by atoms with Crippen molar-refractivity contribution in [1.29, 1.82) is 0 Å². The lowest BCUT2D eigenvalue weighted by Crippen LogP contribution is -2.62. The van der Waals surface area contributed by atoms with Gasteiger partial charge in [0.2, 0.25) is 5.89 Å². The van der Waals surface area contributed by atoms with Crippen LogP contribution in [0.4, 0.5) is 0 Å². The van der Waals surface area contributed by atoms with Gasteiger partial charge in [-0.3, -0.25) is 9.80 Å². The molecule has 4 heterocycles. The average molecular weight is 304 g/mol. The van der Waals surface area contributed by atoms with Crippen LogP contribution < -0.4 is 5.32 Å². The van der Waals surface area contributed by atoms with Crippen molar-refractivity contribution < 1.29 is 4.42 Å². The highest BCUT2D eigenvalue weighted by Crippen LogP contribution is 2.25. The molecular weight excluding hydrogens is 284 g/mol. The van der Waals surface area contributed by atoms with Crippen molar-refractivity contribution in [2.24, 2.45) is 0 Å². The first-order valence-electron chi connectivity index (χ1n) is 7.54. The maximum atomic E-state index is 5.58. The summed E-state index contributed by atoms with van der Waals surface area (Å²) in [4.78, 5) is 10.7. The summed E-state index contributed by atoms with van der Waals surface area (Å²) in [5, 5.41) is 5.46. The van der Waals surface area contributed by atoms with Crippen LogP contribution in [0, 0.1) is 0 Å². The lowest BCUT2D eigenvalue weighted by Gasteiger charge is -2.46. The number of thiophene rings is 1. The predicted octanol–water partition coefficient (Wildman–Crippen LogP) is 1.49. The normalized spacial score (nSPS) is 21.5. The van der Waals surface area contributed by atoms with Crippen LogP contribution in [-0.2, 0) is 6.54 Å². The topological polar surface area (TPSA) is 44.5 Å². The van der Waals surface area contributed by atoms with E-state index in [0.29, 0.717) is 0 Å². The maximum Gasteiger partial charge on any atom is 0.236 e. The van der Waals surface area contributed by atoms with E-state index in [2.05, 4.69) is 20.1 Å². The first kappa shape index (κ1) is 13.5. The molecule has 4 rings (SSSR count). The van der Waals surface area contributed by atoms with Crippen molar-refractivity contribution in [3.8, 4) is 10.8 Å². The van der Waals surface area contributed by atoms with Crippen molar-refractivity contribution in [3.63, 3.8) is 0 Å². The Morgan fingerprint density at radius 1 is 1.33 bits per heavy atom. The third-order valence-electron chi connectivity index (χ3n) is 4.28. The minimum atomic E-state index is 0.732. The van der Waals surface area contributed by atoms with Crippen molar-refractivity contribution in [3.05, 3.63) is 29.5 Å². The van der Waals surface area contributed by atoms with E-state index in [9.17, 15) is 0 Å². The second kappa shape index (κ2) is 5.88. The molecule has 0 bridgehead atoms. The molecule has 2 fully saturated rings. The van der Waals surface area contributed by atoms with Gasteiger partial charge in [0.25, 0.3) is 0 Å². The lowest BCUT2D eigenvalue weighted by molar-refractivity contribution is 0.0216. The Bertz CT molecular complexity index is 570. The summed E-state index contributed by atoms with van der Waals surface area (Å²) in [6, 6.07) is 4.80. The van der Waals surface area contributed by atoms with E-state index in [0.717, 1.165) is 55.2 Å². The molecule has 21 heavy (non-hydrogen) atoms. The van der Waals surface area contributed by atoms with Crippen LogP contribution in [0.2, 0.25) is 0 Å². The minimum Gasteiger partial charge on any atom is -0.444 e. The molecule has 0 amide bonds. The Morgan fingerprint density at radius 3 is 2.95 bits per heavy atom. The van der Waals surface area contributed by atoms with Crippen LogP contribution in [0.5, 0.6) is 0 Å². The predicted molar refractivity (Wildman–Crippen MR) is 83.3 cm³/mol. The van der Waals surface area contributed by atoms with Crippen LogP contribution in [0.3, 0.4) is 0 Å². The molecule has 2 aliphatic heterocycles. The first-order valence-corrected chi connectivity index (χ1v) is 8.42. The summed E-state index contributed by atoms with van der Waals surface area (Å²) in [5.41, 5.74) is 1.04. The van der Waals surface area contributed by atoms with Crippen LogP contribution in [0.1, 0.15) is 5.69 Å². The van der Waals surface area contributed by atoms with Gasteiger partial charge in [0, 0.05) is 51.9 Å². The Balaban J connectivity index is 1.30. The van der Waals surface area contributed by atoms with Gasteiger partial charge in [-0.15, -0.1) is 11.3 Å². The van der Waals surface area contributed by atoms with E-state index >= 15 is 0 Å². The number of likely N-dealkylation sites (tertiary alicyclic amines) is 1. The van der Waals surface area contributed by atoms with Gasteiger partial charge in [-0.25, -0.2) is 4.98 Å². The van der Waals surface area contributed by atoms with Crippen LogP contribution in [0.15, 0.2) is 28.2 Å². The molecule has 112 valence electrons. The van der Waals surface area contributed by atoms with Crippen molar-refractivity contribution in [2.75, 3.05) is 39.3 Å². The van der Waals surface area contributed by atoms with E-state index in [1.807, 2.05) is 17.5 Å². The molecule has 2 aromatic rings. The molecule has 0 radical (unpaired) electrons. The van der Waals surface area contributed by atoms with E-state index in [1.54, 1.807) is 17.6 Å². The third kappa shape index (κ3) is 2.89. The SMILES string of the molecule is c1csc(-c2nc(CN3CC(N4CCNCC4)C3)co2)c1. The van der Waals surface area contributed by atoms with Gasteiger partial charge < -0.3 is 9.73 Å². The molecule has 5 nitrogen and oxygen atoms in total. The summed E-state index contributed by atoms with van der Waals surface area (Å²) in [6.45, 7) is 7.84. The van der Waals surface area contributed by atoms with Gasteiger partial charge in [-0.05, 0) is 11.4 Å². The summed E-state index contributed by atoms with van der Waals surface area (Å²) in [5.74, 6) is 0.749. The Morgan fingerprint density at radius 2 is 2.19 bits per heavy atom. The van der Waals surface area contributed by atoms with Gasteiger partial charge in [0.05, 0.1) is 10.6 Å².